The molecule has 0 saturated heterocycles. The van der Waals surface area contributed by atoms with Crippen molar-refractivity contribution in [2.45, 2.75) is 38.5 Å². The van der Waals surface area contributed by atoms with Crippen molar-refractivity contribution in [2.24, 2.45) is 0 Å². The second-order valence-electron chi connectivity index (χ2n) is 17.6. The number of para-hydroxylation sites is 2. The van der Waals surface area contributed by atoms with Gasteiger partial charge >= 0.3 is 0 Å². The van der Waals surface area contributed by atoms with Crippen molar-refractivity contribution in [3.63, 3.8) is 0 Å². The van der Waals surface area contributed by atoms with Crippen LogP contribution in [0.4, 0.5) is 10.1 Å². The first-order valence-electron chi connectivity index (χ1n) is 20.7. The van der Waals surface area contributed by atoms with E-state index in [9.17, 15) is 5.26 Å². The molecule has 0 bridgehead atoms. The molecule has 2 aromatic heterocycles. The Morgan fingerprint density at radius 2 is 0.967 bits per heavy atom. The van der Waals surface area contributed by atoms with Crippen LogP contribution in [0.1, 0.15) is 55.5 Å². The smallest absolute Gasteiger partial charge is 0.247 e. The third-order valence-electron chi connectivity index (χ3n) is 13.8. The van der Waals surface area contributed by atoms with E-state index in [0.29, 0.717) is 16.9 Å². The fourth-order valence-corrected chi connectivity index (χ4v) is 11.0. The van der Waals surface area contributed by atoms with E-state index in [1.54, 1.807) is 0 Å². The van der Waals surface area contributed by atoms with Crippen LogP contribution in [0.3, 0.4) is 0 Å². The monoisotopic (exact) mass is 784 g/mol. The zero-order valence-corrected chi connectivity index (χ0v) is 34.1. The summed E-state index contributed by atoms with van der Waals surface area (Å²) >= 11 is 0. The van der Waals surface area contributed by atoms with Gasteiger partial charge in [-0.25, -0.2) is 9.24 Å². The minimum absolute atomic E-state index is 0.169. The number of nitrogens with zero attached hydrogens (tertiary/aromatic N) is 4. The lowest BCUT2D eigenvalue weighted by Crippen LogP contribution is -2.15. The molecule has 0 unspecified atom stereocenters. The molecule has 0 N–H and O–H groups in total. The number of rotatable bonds is 3. The molecule has 0 atom stereocenters. The highest BCUT2D eigenvalue weighted by Gasteiger charge is 2.39. The molecule has 5 heteroatoms. The summed E-state index contributed by atoms with van der Waals surface area (Å²) in [5.74, 6) is -0.832. The average molecular weight is 785 g/mol. The molecule has 2 aliphatic rings. The SMILES string of the molecule is [C-]#[N+]c1c(F)c(C#N)c(-n2c3ccccc3c3cc4c(cc32)C(C)(C)c2ccccc2-4)c(-c2ccccc2)c1-n1c2ccccc2c2cc3c(cc21)C(C)(C)c1ccccc1-3. The molecule has 0 amide bonds. The van der Waals surface area contributed by atoms with E-state index in [1.807, 2.05) is 54.6 Å². The maximum absolute atomic E-state index is 17.9. The molecule has 0 fully saturated rings. The molecule has 0 saturated carbocycles. The van der Waals surface area contributed by atoms with Gasteiger partial charge in [0.05, 0.1) is 40.0 Å². The van der Waals surface area contributed by atoms with Gasteiger partial charge in [-0.3, -0.25) is 0 Å². The number of aromatic nitrogens is 2. The Balaban J connectivity index is 1.28. The van der Waals surface area contributed by atoms with Crippen molar-refractivity contribution in [2.75, 3.05) is 0 Å². The zero-order valence-electron chi connectivity index (χ0n) is 34.1. The Labute approximate surface area is 352 Å². The minimum atomic E-state index is -0.832. The standard InChI is InChI=1S/C56H37FN4/c1-55(2)42-23-13-9-19-33(42)37-27-39-35-21-11-15-25-46(35)60(48(39)29-44(37)55)53-41(31-58)51(57)52(59-5)54(50(53)32-17-7-6-8-18-32)61-47-26-16-12-22-36(47)40-28-38-34-20-10-14-24-43(34)56(3,4)45(38)30-49(40)61/h6-30H,1-4H3. The first-order chi connectivity index (χ1) is 29.6. The number of benzene rings is 8. The fraction of sp³-hybridized carbons (Fsp3) is 0.107. The van der Waals surface area contributed by atoms with Gasteiger partial charge in [-0.05, 0) is 86.5 Å². The average Bonchev–Trinajstić information content (AvgIpc) is 3.93. The second-order valence-corrected chi connectivity index (χ2v) is 17.6. The molecule has 0 radical (unpaired) electrons. The molecule has 12 rings (SSSR count). The Bertz CT molecular complexity index is 3460. The van der Waals surface area contributed by atoms with Crippen molar-refractivity contribution in [1.82, 2.24) is 9.13 Å². The molecule has 2 aliphatic carbocycles. The van der Waals surface area contributed by atoms with E-state index in [0.717, 1.165) is 49.2 Å². The number of fused-ring (bicyclic) bond motifs is 12. The predicted octanol–water partition coefficient (Wildman–Crippen LogP) is 14.7. The molecule has 288 valence electrons. The minimum Gasteiger partial charge on any atom is -0.318 e. The highest BCUT2D eigenvalue weighted by molar-refractivity contribution is 6.15. The lowest BCUT2D eigenvalue weighted by atomic mass is 9.82. The van der Waals surface area contributed by atoms with Gasteiger partial charge in [0.2, 0.25) is 5.69 Å². The fourth-order valence-electron chi connectivity index (χ4n) is 11.0. The molecule has 10 aromatic rings. The molecular weight excluding hydrogens is 748 g/mol. The van der Waals surface area contributed by atoms with Crippen LogP contribution in [-0.2, 0) is 10.8 Å². The first kappa shape index (κ1) is 35.2. The van der Waals surface area contributed by atoms with Crippen molar-refractivity contribution >= 4 is 49.3 Å². The predicted molar refractivity (Wildman–Crippen MR) is 247 cm³/mol. The number of hydrogen-bond donors (Lipinski definition) is 0. The quantitative estimate of drug-likeness (QED) is 0.164. The third kappa shape index (κ3) is 4.45. The molecule has 0 aliphatic heterocycles. The van der Waals surface area contributed by atoms with Crippen LogP contribution in [0, 0.1) is 23.7 Å². The first-order valence-corrected chi connectivity index (χ1v) is 20.7. The maximum Gasteiger partial charge on any atom is 0.247 e. The Morgan fingerprint density at radius 1 is 0.508 bits per heavy atom. The lowest BCUT2D eigenvalue weighted by Gasteiger charge is -2.25. The molecule has 2 heterocycles. The van der Waals surface area contributed by atoms with Crippen molar-refractivity contribution in [1.29, 1.82) is 5.26 Å². The summed E-state index contributed by atoms with van der Waals surface area (Å²) in [5.41, 5.74) is 14.3. The van der Waals surface area contributed by atoms with Crippen LogP contribution < -0.4 is 0 Å². The second kappa shape index (κ2) is 12.2. The summed E-state index contributed by atoms with van der Waals surface area (Å²) in [7, 11) is 0. The topological polar surface area (TPSA) is 38.0 Å². The summed E-state index contributed by atoms with van der Waals surface area (Å²) in [6, 6.07) is 54.9. The van der Waals surface area contributed by atoms with E-state index in [-0.39, 0.29) is 22.1 Å². The van der Waals surface area contributed by atoms with Crippen LogP contribution >= 0.6 is 0 Å². The summed E-state index contributed by atoms with van der Waals surface area (Å²) < 4.78 is 22.0. The van der Waals surface area contributed by atoms with Gasteiger partial charge in [0, 0.05) is 37.9 Å². The Morgan fingerprint density at radius 3 is 1.48 bits per heavy atom. The van der Waals surface area contributed by atoms with Gasteiger partial charge in [0.15, 0.2) is 5.82 Å². The third-order valence-corrected chi connectivity index (χ3v) is 13.8. The van der Waals surface area contributed by atoms with Crippen LogP contribution in [0.5, 0.6) is 0 Å². The molecule has 61 heavy (non-hydrogen) atoms. The van der Waals surface area contributed by atoms with Gasteiger partial charge in [-0.15, -0.1) is 0 Å². The van der Waals surface area contributed by atoms with E-state index in [2.05, 4.69) is 145 Å². The van der Waals surface area contributed by atoms with Crippen LogP contribution in [0.2, 0.25) is 0 Å². The molecular formula is C56H37FN4. The highest BCUT2D eigenvalue weighted by Crippen LogP contribution is 2.55. The highest BCUT2D eigenvalue weighted by atomic mass is 19.1. The molecule has 8 aromatic carbocycles. The van der Waals surface area contributed by atoms with E-state index in [4.69, 9.17) is 6.57 Å². The van der Waals surface area contributed by atoms with Gasteiger partial charge < -0.3 is 9.13 Å². The maximum atomic E-state index is 17.9. The largest absolute Gasteiger partial charge is 0.318 e. The van der Waals surface area contributed by atoms with Gasteiger partial charge in [0.1, 0.15) is 11.6 Å². The van der Waals surface area contributed by atoms with Crippen molar-refractivity contribution in [3.8, 4) is 50.8 Å². The summed E-state index contributed by atoms with van der Waals surface area (Å²) in [5, 5.41) is 15.2. The van der Waals surface area contributed by atoms with E-state index >= 15 is 4.39 Å². The molecule has 4 nitrogen and oxygen atoms in total. The Kier molecular flexibility index (Phi) is 7.03. The number of halogens is 1. The van der Waals surface area contributed by atoms with E-state index in [1.165, 1.54) is 44.5 Å². The van der Waals surface area contributed by atoms with E-state index < -0.39 is 5.82 Å². The number of nitriles is 1. The molecule has 0 spiro atoms. The lowest BCUT2D eigenvalue weighted by molar-refractivity contribution is 0.628. The van der Waals surface area contributed by atoms with Crippen molar-refractivity contribution in [3.05, 3.63) is 197 Å². The van der Waals surface area contributed by atoms with Crippen LogP contribution in [0.15, 0.2) is 152 Å². The summed E-state index contributed by atoms with van der Waals surface area (Å²) in [6.45, 7) is 17.7. The number of hydrogen-bond acceptors (Lipinski definition) is 1. The van der Waals surface area contributed by atoms with Crippen molar-refractivity contribution < 1.29 is 4.39 Å². The van der Waals surface area contributed by atoms with Gasteiger partial charge in [-0.1, -0.05) is 143 Å². The normalized spacial score (nSPS) is 14.2. The van der Waals surface area contributed by atoms with Gasteiger partial charge in [0.25, 0.3) is 0 Å². The summed E-state index contributed by atoms with van der Waals surface area (Å²) in [4.78, 5) is 4.00. The summed E-state index contributed by atoms with van der Waals surface area (Å²) in [6.07, 6.45) is 0. The Hall–Kier alpha value is -7.73. The zero-order chi connectivity index (χ0) is 41.5. The van der Waals surface area contributed by atoms with Gasteiger partial charge in [-0.2, -0.15) is 5.26 Å². The van der Waals surface area contributed by atoms with Crippen LogP contribution in [-0.4, -0.2) is 9.13 Å². The van der Waals surface area contributed by atoms with Crippen LogP contribution in [0.25, 0.3) is 93.2 Å².